The molecule has 0 heterocycles. The molecule has 2 N–H and O–H groups in total. The first-order chi connectivity index (χ1) is 15.4. The standard InChI is InChI=1S/C27H34N2O3/c1-19(18-29(3)4)32-26-15-14-23(22-12-8-9-13-24(22)26)25(30)16-17-28-20(2)27(31)21-10-6-5-7-11-21/h5-15,19-20,27-28,31H,16-18H2,1-4H3. The Balaban J connectivity index is 1.66. The summed E-state index contributed by atoms with van der Waals surface area (Å²) in [6.45, 7) is 5.28. The van der Waals surface area contributed by atoms with Gasteiger partial charge in [0.2, 0.25) is 0 Å². The summed E-state index contributed by atoms with van der Waals surface area (Å²) >= 11 is 0. The van der Waals surface area contributed by atoms with E-state index < -0.39 is 6.10 Å². The lowest BCUT2D eigenvalue weighted by molar-refractivity contribution is 0.0973. The number of rotatable bonds is 11. The van der Waals surface area contributed by atoms with Gasteiger partial charge >= 0.3 is 0 Å². The summed E-state index contributed by atoms with van der Waals surface area (Å²) in [4.78, 5) is 15.1. The maximum Gasteiger partial charge on any atom is 0.164 e. The molecule has 170 valence electrons. The summed E-state index contributed by atoms with van der Waals surface area (Å²) in [6.07, 6.45) is -0.225. The molecule has 0 radical (unpaired) electrons. The molecule has 0 aromatic heterocycles. The highest BCUT2D eigenvalue weighted by Gasteiger charge is 2.18. The number of nitrogens with one attached hydrogen (secondary N) is 1. The number of hydrogen-bond acceptors (Lipinski definition) is 5. The van der Waals surface area contributed by atoms with Crippen LogP contribution in [0.3, 0.4) is 0 Å². The van der Waals surface area contributed by atoms with Crippen molar-refractivity contribution in [2.45, 2.75) is 38.5 Å². The second-order valence-corrected chi connectivity index (χ2v) is 8.62. The van der Waals surface area contributed by atoms with Crippen LogP contribution in [-0.4, -0.2) is 55.1 Å². The molecule has 0 spiro atoms. The number of likely N-dealkylation sites (N-methyl/N-ethyl adjacent to an activating group) is 1. The smallest absolute Gasteiger partial charge is 0.164 e. The average Bonchev–Trinajstić information content (AvgIpc) is 2.78. The van der Waals surface area contributed by atoms with Crippen molar-refractivity contribution in [2.75, 3.05) is 27.2 Å². The fourth-order valence-electron chi connectivity index (χ4n) is 3.98. The van der Waals surface area contributed by atoms with E-state index in [1.807, 2.05) is 94.7 Å². The highest BCUT2D eigenvalue weighted by Crippen LogP contribution is 2.30. The van der Waals surface area contributed by atoms with Crippen LogP contribution in [0.5, 0.6) is 5.75 Å². The lowest BCUT2D eigenvalue weighted by atomic mass is 9.98. The SMILES string of the molecule is CC(CN(C)C)Oc1ccc(C(=O)CCNC(C)C(O)c2ccccc2)c2ccccc12. The van der Waals surface area contributed by atoms with Crippen molar-refractivity contribution in [3.05, 3.63) is 77.9 Å². The van der Waals surface area contributed by atoms with Crippen LogP contribution in [0, 0.1) is 0 Å². The van der Waals surface area contributed by atoms with E-state index in [4.69, 9.17) is 4.74 Å². The van der Waals surface area contributed by atoms with Crippen LogP contribution in [0.15, 0.2) is 66.7 Å². The summed E-state index contributed by atoms with van der Waals surface area (Å²) in [5, 5.41) is 15.6. The van der Waals surface area contributed by atoms with Gasteiger partial charge < -0.3 is 20.1 Å². The second kappa shape index (κ2) is 11.2. The van der Waals surface area contributed by atoms with Gasteiger partial charge in [-0.15, -0.1) is 0 Å². The first-order valence-corrected chi connectivity index (χ1v) is 11.2. The van der Waals surface area contributed by atoms with Crippen LogP contribution in [0.1, 0.15) is 42.3 Å². The van der Waals surface area contributed by atoms with Crippen molar-refractivity contribution in [1.82, 2.24) is 10.2 Å². The first-order valence-electron chi connectivity index (χ1n) is 11.2. The van der Waals surface area contributed by atoms with Crippen molar-refractivity contribution in [1.29, 1.82) is 0 Å². The Kier molecular flexibility index (Phi) is 8.39. The molecule has 0 saturated carbocycles. The normalized spacial score (nSPS) is 14.3. The number of Topliss-reactive ketones (excluding diaryl/α,β-unsaturated/α-hetero) is 1. The number of nitrogens with zero attached hydrogens (tertiary/aromatic N) is 1. The molecule has 32 heavy (non-hydrogen) atoms. The Morgan fingerprint density at radius 1 is 0.969 bits per heavy atom. The highest BCUT2D eigenvalue weighted by atomic mass is 16.5. The van der Waals surface area contributed by atoms with Crippen molar-refractivity contribution in [3.63, 3.8) is 0 Å². The summed E-state index contributed by atoms with van der Waals surface area (Å²) < 4.78 is 6.16. The maximum atomic E-state index is 13.0. The molecule has 3 aromatic carbocycles. The van der Waals surface area contributed by atoms with Gasteiger partial charge in [0, 0.05) is 36.5 Å². The molecule has 3 rings (SSSR count). The maximum absolute atomic E-state index is 13.0. The molecule has 0 amide bonds. The second-order valence-electron chi connectivity index (χ2n) is 8.62. The lowest BCUT2D eigenvalue weighted by Gasteiger charge is -2.21. The third kappa shape index (κ3) is 6.16. The van der Waals surface area contributed by atoms with Crippen molar-refractivity contribution in [3.8, 4) is 5.75 Å². The van der Waals surface area contributed by atoms with Gasteiger partial charge in [-0.25, -0.2) is 0 Å². The molecule has 0 aliphatic carbocycles. The molecule has 0 aliphatic heterocycles. The Labute approximate surface area is 191 Å². The van der Waals surface area contributed by atoms with Gasteiger partial charge in [-0.3, -0.25) is 4.79 Å². The minimum absolute atomic E-state index is 0.0386. The fraction of sp³-hybridized carbons (Fsp3) is 0.370. The number of carbonyl (C=O) groups excluding carboxylic acids is 1. The van der Waals surface area contributed by atoms with Crippen LogP contribution in [-0.2, 0) is 0 Å². The monoisotopic (exact) mass is 434 g/mol. The van der Waals surface area contributed by atoms with E-state index in [1.165, 1.54) is 0 Å². The van der Waals surface area contributed by atoms with Gasteiger partial charge in [0.05, 0.1) is 6.10 Å². The number of aliphatic hydroxyl groups excluding tert-OH is 1. The van der Waals surface area contributed by atoms with E-state index in [0.29, 0.717) is 18.5 Å². The number of fused-ring (bicyclic) bond motifs is 1. The van der Waals surface area contributed by atoms with E-state index in [-0.39, 0.29) is 17.9 Å². The van der Waals surface area contributed by atoms with Crippen LogP contribution in [0.2, 0.25) is 0 Å². The van der Waals surface area contributed by atoms with E-state index in [0.717, 1.165) is 28.6 Å². The van der Waals surface area contributed by atoms with Gasteiger partial charge in [-0.2, -0.15) is 0 Å². The van der Waals surface area contributed by atoms with E-state index >= 15 is 0 Å². The lowest BCUT2D eigenvalue weighted by Crippen LogP contribution is -2.33. The van der Waals surface area contributed by atoms with E-state index in [1.54, 1.807) is 0 Å². The van der Waals surface area contributed by atoms with Crippen molar-refractivity contribution < 1.29 is 14.6 Å². The number of benzene rings is 3. The van der Waals surface area contributed by atoms with Gasteiger partial charge in [0.1, 0.15) is 11.9 Å². The molecule has 3 atom stereocenters. The van der Waals surface area contributed by atoms with Gasteiger partial charge in [-0.1, -0.05) is 54.6 Å². The van der Waals surface area contributed by atoms with Gasteiger partial charge in [0.25, 0.3) is 0 Å². The number of ether oxygens (including phenoxy) is 1. The summed E-state index contributed by atoms with van der Waals surface area (Å²) in [5.41, 5.74) is 1.56. The minimum Gasteiger partial charge on any atom is -0.489 e. The minimum atomic E-state index is -0.618. The highest BCUT2D eigenvalue weighted by molar-refractivity contribution is 6.09. The van der Waals surface area contributed by atoms with Crippen LogP contribution in [0.25, 0.3) is 10.8 Å². The van der Waals surface area contributed by atoms with Crippen molar-refractivity contribution >= 4 is 16.6 Å². The number of hydrogen-bond donors (Lipinski definition) is 2. The van der Waals surface area contributed by atoms with E-state index in [9.17, 15) is 9.90 Å². The van der Waals surface area contributed by atoms with Crippen LogP contribution >= 0.6 is 0 Å². The number of aliphatic hydroxyl groups is 1. The topological polar surface area (TPSA) is 61.8 Å². The fourth-order valence-corrected chi connectivity index (χ4v) is 3.98. The van der Waals surface area contributed by atoms with Gasteiger partial charge in [0.15, 0.2) is 5.78 Å². The predicted molar refractivity (Wildman–Crippen MR) is 130 cm³/mol. The quantitative estimate of drug-likeness (QED) is 0.437. The third-order valence-electron chi connectivity index (χ3n) is 5.57. The van der Waals surface area contributed by atoms with E-state index in [2.05, 4.69) is 10.2 Å². The molecule has 3 unspecified atom stereocenters. The summed E-state index contributed by atoms with van der Waals surface area (Å²) in [5.74, 6) is 0.868. The zero-order chi connectivity index (χ0) is 23.1. The molecule has 5 heteroatoms. The molecule has 3 aromatic rings. The molecule has 0 saturated heterocycles. The first kappa shape index (κ1) is 23.9. The Bertz CT molecular complexity index is 1020. The largest absolute Gasteiger partial charge is 0.489 e. The third-order valence-corrected chi connectivity index (χ3v) is 5.57. The molecule has 0 bridgehead atoms. The molecule has 0 fully saturated rings. The number of ketones is 1. The van der Waals surface area contributed by atoms with Crippen molar-refractivity contribution in [2.24, 2.45) is 0 Å². The van der Waals surface area contributed by atoms with Gasteiger partial charge in [-0.05, 0) is 51.0 Å². The van der Waals surface area contributed by atoms with Crippen LogP contribution in [0.4, 0.5) is 0 Å². The summed E-state index contributed by atoms with van der Waals surface area (Å²) in [6, 6.07) is 21.1. The zero-order valence-corrected chi connectivity index (χ0v) is 19.4. The molecule has 0 aliphatic rings. The Morgan fingerprint density at radius 3 is 2.31 bits per heavy atom. The average molecular weight is 435 g/mol. The molecular formula is C27H34N2O3. The van der Waals surface area contributed by atoms with Crippen LogP contribution < -0.4 is 10.1 Å². The molecular weight excluding hydrogens is 400 g/mol. The summed E-state index contributed by atoms with van der Waals surface area (Å²) in [7, 11) is 4.04. The molecule has 5 nitrogen and oxygen atoms in total. The number of carbonyl (C=O) groups is 1. The Hall–Kier alpha value is -2.73. The zero-order valence-electron chi connectivity index (χ0n) is 19.4. The predicted octanol–water partition coefficient (Wildman–Crippen LogP) is 4.45. The Morgan fingerprint density at radius 2 is 1.62 bits per heavy atom.